The molecule has 0 saturated carbocycles. The van der Waals surface area contributed by atoms with Gasteiger partial charge in [-0.05, 0) is 29.7 Å². The van der Waals surface area contributed by atoms with Crippen molar-refractivity contribution >= 4 is 23.2 Å². The Bertz CT molecular complexity index is 1160. The van der Waals surface area contributed by atoms with E-state index in [2.05, 4.69) is 10.5 Å². The number of esters is 1. The third-order valence-corrected chi connectivity index (χ3v) is 4.78. The van der Waals surface area contributed by atoms with Gasteiger partial charge >= 0.3 is 5.97 Å². The molecule has 4 N–H and O–H groups in total. The molecule has 164 valence electrons. The van der Waals surface area contributed by atoms with Gasteiger partial charge in [0, 0.05) is 18.2 Å². The molecule has 0 aliphatic rings. The summed E-state index contributed by atoms with van der Waals surface area (Å²) in [6.45, 7) is 2.08. The van der Waals surface area contributed by atoms with Crippen molar-refractivity contribution in [3.05, 3.63) is 93.5 Å². The zero-order valence-corrected chi connectivity index (χ0v) is 17.3. The summed E-state index contributed by atoms with van der Waals surface area (Å²) in [7, 11) is 0. The second-order valence-corrected chi connectivity index (χ2v) is 6.76. The van der Waals surface area contributed by atoms with Gasteiger partial charge in [-0.15, -0.1) is 0 Å². The number of carbonyl (C=O) groups excluding carboxylic acids is 1. The normalized spacial score (nSPS) is 11.1. The summed E-state index contributed by atoms with van der Waals surface area (Å²) in [5.74, 6) is -0.622. The van der Waals surface area contributed by atoms with E-state index in [9.17, 15) is 14.9 Å². The summed E-state index contributed by atoms with van der Waals surface area (Å²) in [6.07, 6.45) is 0. The van der Waals surface area contributed by atoms with Crippen molar-refractivity contribution in [2.24, 2.45) is 10.9 Å². The summed E-state index contributed by atoms with van der Waals surface area (Å²) in [5.41, 5.74) is 8.86. The van der Waals surface area contributed by atoms with E-state index in [0.717, 1.165) is 16.7 Å². The van der Waals surface area contributed by atoms with E-state index in [4.69, 9.17) is 15.7 Å². The van der Waals surface area contributed by atoms with Crippen molar-refractivity contribution in [1.29, 1.82) is 0 Å². The highest BCUT2D eigenvalue weighted by Crippen LogP contribution is 2.30. The van der Waals surface area contributed by atoms with Crippen LogP contribution in [0.3, 0.4) is 0 Å². The van der Waals surface area contributed by atoms with Crippen LogP contribution in [0.1, 0.15) is 28.4 Å². The Morgan fingerprint density at radius 3 is 2.44 bits per heavy atom. The van der Waals surface area contributed by atoms with Gasteiger partial charge in [-0.25, -0.2) is 4.79 Å². The van der Waals surface area contributed by atoms with Gasteiger partial charge in [-0.2, -0.15) is 0 Å². The van der Waals surface area contributed by atoms with Crippen molar-refractivity contribution in [2.45, 2.75) is 13.5 Å². The number of nitrogens with two attached hydrogens (primary N) is 1. The molecule has 0 fully saturated rings. The van der Waals surface area contributed by atoms with Gasteiger partial charge in [-0.1, -0.05) is 59.8 Å². The van der Waals surface area contributed by atoms with E-state index in [1.165, 1.54) is 18.2 Å². The molecule has 0 aliphatic heterocycles. The number of benzene rings is 3. The average Bonchev–Trinajstić information content (AvgIpc) is 2.82. The minimum absolute atomic E-state index is 0.00854. The molecular formula is C23H22N4O5. The number of ether oxygens (including phenoxy) is 1. The Balaban J connectivity index is 1.86. The summed E-state index contributed by atoms with van der Waals surface area (Å²) in [4.78, 5) is 23.2. The molecule has 3 aromatic rings. The zero-order valence-electron chi connectivity index (χ0n) is 17.3. The number of nitrogens with one attached hydrogen (secondary N) is 1. The molecular weight excluding hydrogens is 412 g/mol. The first-order valence-corrected chi connectivity index (χ1v) is 9.80. The Morgan fingerprint density at radius 1 is 1.09 bits per heavy atom. The van der Waals surface area contributed by atoms with Crippen molar-refractivity contribution in [2.75, 3.05) is 11.9 Å². The molecule has 0 amide bonds. The third-order valence-electron chi connectivity index (χ3n) is 4.78. The average molecular weight is 434 g/mol. The first kappa shape index (κ1) is 22.3. The van der Waals surface area contributed by atoms with Gasteiger partial charge in [-0.3, -0.25) is 10.1 Å². The van der Waals surface area contributed by atoms with Crippen LogP contribution in [0, 0.1) is 10.1 Å². The second-order valence-electron chi connectivity index (χ2n) is 6.76. The predicted molar refractivity (Wildman–Crippen MR) is 121 cm³/mol. The Morgan fingerprint density at radius 2 is 1.78 bits per heavy atom. The summed E-state index contributed by atoms with van der Waals surface area (Å²) < 4.78 is 5.02. The number of para-hydroxylation sites is 1. The number of nitro groups is 1. The van der Waals surface area contributed by atoms with Crippen LogP contribution in [0.2, 0.25) is 0 Å². The fourth-order valence-corrected chi connectivity index (χ4v) is 3.26. The maximum Gasteiger partial charge on any atom is 0.340 e. The van der Waals surface area contributed by atoms with E-state index in [1.807, 2.05) is 36.4 Å². The Labute approximate surface area is 184 Å². The SMILES string of the molecule is CCOC(=O)c1cccc([N+](=O)[O-])c1NCc1ccc(-c2ccccc2/C(N)=N/O)cc1. The van der Waals surface area contributed by atoms with Crippen molar-refractivity contribution < 1.29 is 19.7 Å². The number of carbonyl (C=O) groups is 1. The molecule has 32 heavy (non-hydrogen) atoms. The van der Waals surface area contributed by atoms with Gasteiger partial charge in [0.15, 0.2) is 5.84 Å². The summed E-state index contributed by atoms with van der Waals surface area (Å²) >= 11 is 0. The van der Waals surface area contributed by atoms with Crippen LogP contribution in [0.15, 0.2) is 71.9 Å². The standard InChI is InChI=1S/C23H22N4O5/c1-2-32-23(28)19-8-5-9-20(27(30)31)21(19)25-14-15-10-12-16(13-11-15)17-6-3-4-7-18(17)22(24)26-29/h3-13,25,29H,2,14H2,1H3,(H2,24,26). The van der Waals surface area contributed by atoms with E-state index < -0.39 is 10.9 Å². The van der Waals surface area contributed by atoms with E-state index in [1.54, 1.807) is 19.1 Å². The molecule has 3 rings (SSSR count). The molecule has 0 heterocycles. The van der Waals surface area contributed by atoms with Crippen LogP contribution in [0.4, 0.5) is 11.4 Å². The number of amidine groups is 1. The molecule has 9 nitrogen and oxygen atoms in total. The topological polar surface area (TPSA) is 140 Å². The van der Waals surface area contributed by atoms with E-state index in [-0.39, 0.29) is 35.9 Å². The molecule has 9 heteroatoms. The number of anilines is 1. The number of rotatable bonds is 8. The lowest BCUT2D eigenvalue weighted by atomic mass is 9.98. The molecule has 0 aliphatic carbocycles. The van der Waals surface area contributed by atoms with Gasteiger partial charge in [0.05, 0.1) is 17.1 Å². The molecule has 0 spiro atoms. The first-order valence-electron chi connectivity index (χ1n) is 9.80. The molecule has 0 saturated heterocycles. The monoisotopic (exact) mass is 434 g/mol. The lowest BCUT2D eigenvalue weighted by Gasteiger charge is -2.13. The van der Waals surface area contributed by atoms with Crippen LogP contribution < -0.4 is 11.1 Å². The van der Waals surface area contributed by atoms with Gasteiger partial charge < -0.3 is 21.0 Å². The van der Waals surface area contributed by atoms with Gasteiger partial charge in [0.25, 0.3) is 5.69 Å². The quantitative estimate of drug-likeness (QED) is 0.121. The predicted octanol–water partition coefficient (Wildman–Crippen LogP) is 4.15. The van der Waals surface area contributed by atoms with Crippen LogP contribution in [-0.2, 0) is 11.3 Å². The fourth-order valence-electron chi connectivity index (χ4n) is 3.26. The zero-order chi connectivity index (χ0) is 23.1. The lowest BCUT2D eigenvalue weighted by molar-refractivity contribution is -0.384. The minimum atomic E-state index is -0.631. The Kier molecular flexibility index (Phi) is 7.02. The summed E-state index contributed by atoms with van der Waals surface area (Å²) in [5, 5.41) is 26.5. The van der Waals surface area contributed by atoms with Gasteiger partial charge in [0.1, 0.15) is 5.69 Å². The van der Waals surface area contributed by atoms with Crippen molar-refractivity contribution in [3.63, 3.8) is 0 Å². The smallest absolute Gasteiger partial charge is 0.340 e. The van der Waals surface area contributed by atoms with Crippen LogP contribution in [-0.4, -0.2) is 28.5 Å². The van der Waals surface area contributed by atoms with Gasteiger partial charge in [0.2, 0.25) is 0 Å². The molecule has 0 unspecified atom stereocenters. The first-order chi connectivity index (χ1) is 15.5. The van der Waals surface area contributed by atoms with Crippen LogP contribution in [0.5, 0.6) is 0 Å². The second kappa shape index (κ2) is 10.1. The molecule has 0 aromatic heterocycles. The van der Waals surface area contributed by atoms with Crippen LogP contribution >= 0.6 is 0 Å². The van der Waals surface area contributed by atoms with Crippen molar-refractivity contribution in [3.8, 4) is 11.1 Å². The highest BCUT2D eigenvalue weighted by Gasteiger charge is 2.22. The molecule has 0 radical (unpaired) electrons. The fraction of sp³-hybridized carbons (Fsp3) is 0.130. The third kappa shape index (κ3) is 4.84. The molecule has 0 atom stereocenters. The highest BCUT2D eigenvalue weighted by atomic mass is 16.6. The number of nitro benzene ring substituents is 1. The number of oxime groups is 1. The number of nitrogens with zero attached hydrogens (tertiary/aromatic N) is 2. The Hall–Kier alpha value is -4.40. The lowest BCUT2D eigenvalue weighted by Crippen LogP contribution is -2.14. The van der Waals surface area contributed by atoms with E-state index >= 15 is 0 Å². The molecule has 3 aromatic carbocycles. The molecule has 0 bridgehead atoms. The van der Waals surface area contributed by atoms with E-state index in [0.29, 0.717) is 5.56 Å². The van der Waals surface area contributed by atoms with Crippen LogP contribution in [0.25, 0.3) is 11.1 Å². The maximum atomic E-state index is 12.2. The minimum Gasteiger partial charge on any atom is -0.462 e. The number of hydrogen-bond acceptors (Lipinski definition) is 7. The summed E-state index contributed by atoms with van der Waals surface area (Å²) in [6, 6.07) is 19.0. The largest absolute Gasteiger partial charge is 0.462 e. The maximum absolute atomic E-state index is 12.2. The highest BCUT2D eigenvalue weighted by molar-refractivity contribution is 6.03. The number of hydrogen-bond donors (Lipinski definition) is 3. The van der Waals surface area contributed by atoms with Crippen molar-refractivity contribution in [1.82, 2.24) is 0 Å².